The summed E-state index contributed by atoms with van der Waals surface area (Å²) in [4.78, 5) is 15.5. The predicted molar refractivity (Wildman–Crippen MR) is 89.9 cm³/mol. The van der Waals surface area contributed by atoms with E-state index >= 15 is 0 Å². The van der Waals surface area contributed by atoms with Crippen molar-refractivity contribution in [3.05, 3.63) is 71.4 Å². The summed E-state index contributed by atoms with van der Waals surface area (Å²) in [5.41, 5.74) is 3.45. The molecule has 22 heavy (non-hydrogen) atoms. The molecule has 0 unspecified atom stereocenters. The molecule has 0 spiro atoms. The highest BCUT2D eigenvalue weighted by molar-refractivity contribution is 7.99. The highest BCUT2D eigenvalue weighted by Gasteiger charge is 2.11. The summed E-state index contributed by atoms with van der Waals surface area (Å²) in [5.74, 6) is 1.28. The number of hydrogen-bond acceptors (Lipinski definition) is 3. The van der Waals surface area contributed by atoms with Gasteiger partial charge in [-0.2, -0.15) is 5.26 Å². The summed E-state index contributed by atoms with van der Waals surface area (Å²) in [6, 6.07) is 17.4. The maximum absolute atomic E-state index is 12.3. The van der Waals surface area contributed by atoms with Crippen molar-refractivity contribution in [1.82, 2.24) is 4.98 Å². The number of carbonyl (C=O) groups is 1. The Bertz CT molecular complexity index is 861. The van der Waals surface area contributed by atoms with Crippen LogP contribution in [0.3, 0.4) is 0 Å². The Hall–Kier alpha value is -2.51. The van der Waals surface area contributed by atoms with E-state index in [1.165, 1.54) is 0 Å². The minimum absolute atomic E-state index is 0.124. The lowest BCUT2D eigenvalue weighted by Gasteiger charge is -2.02. The van der Waals surface area contributed by atoms with Crippen molar-refractivity contribution in [3.63, 3.8) is 0 Å². The van der Waals surface area contributed by atoms with Gasteiger partial charge in [0.15, 0.2) is 5.78 Å². The molecule has 4 heteroatoms. The van der Waals surface area contributed by atoms with Crippen molar-refractivity contribution in [2.24, 2.45) is 0 Å². The van der Waals surface area contributed by atoms with E-state index < -0.39 is 0 Å². The van der Waals surface area contributed by atoms with Crippen LogP contribution in [0.4, 0.5) is 0 Å². The fourth-order valence-corrected chi connectivity index (χ4v) is 3.23. The van der Waals surface area contributed by atoms with Gasteiger partial charge in [-0.25, -0.2) is 0 Å². The molecule has 0 radical (unpaired) electrons. The number of aromatic nitrogens is 1. The smallest absolute Gasteiger partial charge is 0.174 e. The fraction of sp³-hybridized carbons (Fsp3) is 0.111. The molecule has 0 fully saturated rings. The third-order valence-corrected chi connectivity index (χ3v) is 4.45. The van der Waals surface area contributed by atoms with Crippen molar-refractivity contribution in [1.29, 1.82) is 5.26 Å². The number of aromatic amines is 1. The lowest BCUT2D eigenvalue weighted by Crippen LogP contribution is -2.01. The van der Waals surface area contributed by atoms with Gasteiger partial charge in [-0.1, -0.05) is 30.3 Å². The van der Waals surface area contributed by atoms with Crippen LogP contribution in [-0.4, -0.2) is 16.5 Å². The molecule has 0 saturated heterocycles. The molecular formula is C18H14N2OS. The van der Waals surface area contributed by atoms with E-state index in [2.05, 4.69) is 11.1 Å². The summed E-state index contributed by atoms with van der Waals surface area (Å²) >= 11 is 1.57. The van der Waals surface area contributed by atoms with Gasteiger partial charge in [-0.3, -0.25) is 4.79 Å². The summed E-state index contributed by atoms with van der Waals surface area (Å²) < 4.78 is 0. The first-order valence-electron chi connectivity index (χ1n) is 6.94. The lowest BCUT2D eigenvalue weighted by atomic mass is 10.1. The van der Waals surface area contributed by atoms with Crippen molar-refractivity contribution in [2.45, 2.75) is 5.75 Å². The van der Waals surface area contributed by atoms with Crippen LogP contribution in [0.1, 0.15) is 21.5 Å². The Kier molecular flexibility index (Phi) is 4.27. The number of nitriles is 1. The first kappa shape index (κ1) is 14.4. The van der Waals surface area contributed by atoms with Gasteiger partial charge < -0.3 is 4.98 Å². The molecule has 0 aliphatic heterocycles. The average molecular weight is 306 g/mol. The van der Waals surface area contributed by atoms with Crippen molar-refractivity contribution < 1.29 is 4.79 Å². The molecule has 1 aromatic heterocycles. The van der Waals surface area contributed by atoms with Crippen LogP contribution in [0, 0.1) is 11.3 Å². The van der Waals surface area contributed by atoms with E-state index in [-0.39, 0.29) is 5.78 Å². The molecule has 1 N–H and O–H groups in total. The lowest BCUT2D eigenvalue weighted by molar-refractivity contribution is 0.102. The summed E-state index contributed by atoms with van der Waals surface area (Å²) in [6.45, 7) is 0. The number of para-hydroxylation sites is 1. The first-order valence-corrected chi connectivity index (χ1v) is 8.09. The van der Waals surface area contributed by atoms with Crippen LogP contribution < -0.4 is 0 Å². The molecule has 0 aliphatic rings. The van der Waals surface area contributed by atoms with Crippen molar-refractivity contribution >= 4 is 28.4 Å². The third-order valence-electron chi connectivity index (χ3n) is 3.45. The van der Waals surface area contributed by atoms with Gasteiger partial charge in [0.1, 0.15) is 0 Å². The molecule has 1 heterocycles. The van der Waals surface area contributed by atoms with E-state index in [1.807, 2.05) is 42.5 Å². The minimum atomic E-state index is 0.124. The molecule has 0 aliphatic carbocycles. The van der Waals surface area contributed by atoms with Crippen LogP contribution >= 0.6 is 11.8 Å². The topological polar surface area (TPSA) is 56.6 Å². The number of fused-ring (bicyclic) bond motifs is 1. The molecule has 3 nitrogen and oxygen atoms in total. The summed E-state index contributed by atoms with van der Waals surface area (Å²) in [7, 11) is 0. The highest BCUT2D eigenvalue weighted by atomic mass is 32.2. The maximum Gasteiger partial charge on any atom is 0.174 e. The Labute approximate surface area is 133 Å². The molecule has 3 aromatic rings. The fourth-order valence-electron chi connectivity index (χ4n) is 2.37. The summed E-state index contributed by atoms with van der Waals surface area (Å²) in [5, 5.41) is 9.86. The maximum atomic E-state index is 12.3. The number of nitrogens with zero attached hydrogens (tertiary/aromatic N) is 1. The van der Waals surface area contributed by atoms with Gasteiger partial charge in [0.05, 0.1) is 17.4 Å². The highest BCUT2D eigenvalue weighted by Crippen LogP contribution is 2.21. The number of H-pyrrole nitrogens is 1. The zero-order chi connectivity index (χ0) is 15.4. The first-order chi connectivity index (χ1) is 10.8. The van der Waals surface area contributed by atoms with Gasteiger partial charge in [0, 0.05) is 28.4 Å². The number of benzene rings is 2. The Morgan fingerprint density at radius 2 is 2.05 bits per heavy atom. The molecular weight excluding hydrogens is 292 g/mol. The molecule has 2 aromatic carbocycles. The van der Waals surface area contributed by atoms with E-state index in [0.717, 1.165) is 27.8 Å². The third kappa shape index (κ3) is 3.05. The SMILES string of the molecule is N#Cc1cccc(CSCC(=O)c2c[nH]c3ccccc23)c1. The quantitative estimate of drug-likeness (QED) is 0.720. The number of thioether (sulfide) groups is 1. The van der Waals surface area contributed by atoms with Gasteiger partial charge in [-0.15, -0.1) is 11.8 Å². The van der Waals surface area contributed by atoms with Crippen molar-refractivity contribution in [2.75, 3.05) is 5.75 Å². The number of rotatable bonds is 5. The second-order valence-corrected chi connectivity index (χ2v) is 5.96. The van der Waals surface area contributed by atoms with E-state index in [4.69, 9.17) is 5.26 Å². The predicted octanol–water partition coefficient (Wildman–Crippen LogP) is 4.16. The largest absolute Gasteiger partial charge is 0.360 e. The van der Waals surface area contributed by atoms with Crippen molar-refractivity contribution in [3.8, 4) is 6.07 Å². The summed E-state index contributed by atoms with van der Waals surface area (Å²) in [6.07, 6.45) is 1.78. The average Bonchev–Trinajstić information content (AvgIpc) is 2.99. The van der Waals surface area contributed by atoms with E-state index in [0.29, 0.717) is 11.3 Å². The number of hydrogen-bond donors (Lipinski definition) is 1. The van der Waals surface area contributed by atoms with Gasteiger partial charge >= 0.3 is 0 Å². The van der Waals surface area contributed by atoms with Crippen LogP contribution in [-0.2, 0) is 5.75 Å². The molecule has 0 atom stereocenters. The Morgan fingerprint density at radius 1 is 1.18 bits per heavy atom. The van der Waals surface area contributed by atoms with Gasteiger partial charge in [-0.05, 0) is 23.8 Å². The molecule has 3 rings (SSSR count). The van der Waals surface area contributed by atoms with Crippen LogP contribution in [0.25, 0.3) is 10.9 Å². The van der Waals surface area contributed by atoms with Crippen LogP contribution in [0.15, 0.2) is 54.7 Å². The molecule has 0 bridgehead atoms. The number of ketones is 1. The van der Waals surface area contributed by atoms with E-state index in [1.54, 1.807) is 24.0 Å². The Morgan fingerprint density at radius 3 is 2.91 bits per heavy atom. The number of nitrogens with one attached hydrogen (secondary N) is 1. The molecule has 0 amide bonds. The second-order valence-electron chi connectivity index (χ2n) is 4.98. The van der Waals surface area contributed by atoms with Gasteiger partial charge in [0.25, 0.3) is 0 Å². The van der Waals surface area contributed by atoms with Crippen LogP contribution in [0.2, 0.25) is 0 Å². The minimum Gasteiger partial charge on any atom is -0.360 e. The second kappa shape index (κ2) is 6.50. The van der Waals surface area contributed by atoms with Gasteiger partial charge in [0.2, 0.25) is 0 Å². The monoisotopic (exact) mass is 306 g/mol. The molecule has 0 saturated carbocycles. The molecule has 108 valence electrons. The van der Waals surface area contributed by atoms with Crippen LogP contribution in [0.5, 0.6) is 0 Å². The zero-order valence-electron chi connectivity index (χ0n) is 11.9. The normalized spacial score (nSPS) is 10.5. The van der Waals surface area contributed by atoms with E-state index in [9.17, 15) is 4.79 Å². The number of carbonyl (C=O) groups excluding carboxylic acids is 1. The Balaban J connectivity index is 1.64. The zero-order valence-corrected chi connectivity index (χ0v) is 12.7. The standard InChI is InChI=1S/C18H14N2OS/c19-9-13-4-3-5-14(8-13)11-22-12-18(21)16-10-20-17-7-2-1-6-15(16)17/h1-8,10,20H,11-12H2. The number of Topliss-reactive ketones (excluding diaryl/α,β-unsaturated/α-hetero) is 1.